The molecule has 5 heteroatoms. The lowest BCUT2D eigenvalue weighted by Crippen LogP contribution is -2.13. The molecule has 0 aromatic heterocycles. The van der Waals surface area contributed by atoms with E-state index < -0.39 is 12.1 Å². The van der Waals surface area contributed by atoms with Crippen molar-refractivity contribution in [3.8, 4) is 5.75 Å². The Morgan fingerprint density at radius 3 is 2.76 bits per heavy atom. The third-order valence-electron chi connectivity index (χ3n) is 2.43. The molecule has 1 aromatic rings. The van der Waals surface area contributed by atoms with Crippen molar-refractivity contribution in [2.24, 2.45) is 0 Å². The van der Waals surface area contributed by atoms with E-state index in [4.69, 9.17) is 9.84 Å². The maximum Gasteiger partial charge on any atom is 0.337 e. The number of rotatable bonds is 6. The largest absolute Gasteiger partial charge is 0.496 e. The smallest absolute Gasteiger partial charge is 0.337 e. The fourth-order valence-corrected chi connectivity index (χ4v) is 1.63. The summed E-state index contributed by atoms with van der Waals surface area (Å²) in [6, 6.07) is 4.78. The standard InChI is InChI=1S/C12H14O5/c1-17-10-6-2-4-9(11(14)12(15)16)8(10)5-3-7-13/h2,4,6-7,11,14H,3,5H2,1H3,(H,15,16). The zero-order chi connectivity index (χ0) is 12.8. The van der Waals surface area contributed by atoms with Crippen molar-refractivity contribution in [3.05, 3.63) is 29.3 Å². The molecule has 0 aliphatic heterocycles. The van der Waals surface area contributed by atoms with Crippen LogP contribution in [0.25, 0.3) is 0 Å². The molecule has 0 saturated heterocycles. The number of carboxylic acid groups (broad SMARTS) is 1. The van der Waals surface area contributed by atoms with Crippen LogP contribution in [0.15, 0.2) is 18.2 Å². The molecule has 0 aliphatic rings. The molecule has 0 saturated carbocycles. The number of aldehydes is 1. The Bertz CT molecular complexity index is 413. The van der Waals surface area contributed by atoms with E-state index in [-0.39, 0.29) is 12.0 Å². The van der Waals surface area contributed by atoms with Gasteiger partial charge in [0.05, 0.1) is 7.11 Å². The predicted octanol–water partition coefficient (Wildman–Crippen LogP) is 0.945. The quantitative estimate of drug-likeness (QED) is 0.721. The number of carboxylic acids is 1. The van der Waals surface area contributed by atoms with Gasteiger partial charge < -0.3 is 19.7 Å². The van der Waals surface area contributed by atoms with Crippen molar-refractivity contribution in [2.75, 3.05) is 7.11 Å². The molecule has 1 unspecified atom stereocenters. The summed E-state index contributed by atoms with van der Waals surface area (Å²) >= 11 is 0. The normalized spacial score (nSPS) is 11.9. The van der Waals surface area contributed by atoms with Crippen LogP contribution in [0.4, 0.5) is 0 Å². The minimum Gasteiger partial charge on any atom is -0.496 e. The number of benzene rings is 1. The number of ether oxygens (including phenoxy) is 1. The van der Waals surface area contributed by atoms with E-state index in [0.717, 1.165) is 6.29 Å². The van der Waals surface area contributed by atoms with Gasteiger partial charge in [-0.05, 0) is 18.1 Å². The Morgan fingerprint density at radius 2 is 2.24 bits per heavy atom. The summed E-state index contributed by atoms with van der Waals surface area (Å²) in [7, 11) is 1.46. The molecular formula is C12H14O5. The fraction of sp³-hybridized carbons (Fsp3) is 0.333. The fourth-order valence-electron chi connectivity index (χ4n) is 1.63. The molecule has 92 valence electrons. The molecule has 2 N–H and O–H groups in total. The molecule has 1 rings (SSSR count). The van der Waals surface area contributed by atoms with Gasteiger partial charge in [-0.3, -0.25) is 0 Å². The lowest BCUT2D eigenvalue weighted by molar-refractivity contribution is -0.147. The topological polar surface area (TPSA) is 83.8 Å². The maximum absolute atomic E-state index is 10.8. The van der Waals surface area contributed by atoms with Crippen molar-refractivity contribution in [2.45, 2.75) is 18.9 Å². The highest BCUT2D eigenvalue weighted by Gasteiger charge is 2.21. The number of hydrogen-bond acceptors (Lipinski definition) is 4. The first-order valence-corrected chi connectivity index (χ1v) is 5.12. The summed E-state index contributed by atoms with van der Waals surface area (Å²) in [6.45, 7) is 0. The monoisotopic (exact) mass is 238 g/mol. The van der Waals surface area contributed by atoms with Crippen LogP contribution in [0.5, 0.6) is 5.75 Å². The number of aliphatic hydroxyl groups is 1. The first-order chi connectivity index (χ1) is 8.11. The second-order valence-corrected chi connectivity index (χ2v) is 3.47. The SMILES string of the molecule is COc1cccc(C(O)C(=O)O)c1CCC=O. The molecule has 0 aliphatic carbocycles. The van der Waals surface area contributed by atoms with Crippen molar-refractivity contribution in [3.63, 3.8) is 0 Å². The molecule has 0 fully saturated rings. The summed E-state index contributed by atoms with van der Waals surface area (Å²) in [6.07, 6.45) is -0.275. The molecule has 1 atom stereocenters. The van der Waals surface area contributed by atoms with Crippen molar-refractivity contribution in [1.29, 1.82) is 0 Å². The van der Waals surface area contributed by atoms with Gasteiger partial charge in [-0.1, -0.05) is 12.1 Å². The molecule has 5 nitrogen and oxygen atoms in total. The highest BCUT2D eigenvalue weighted by molar-refractivity contribution is 5.75. The molecule has 0 radical (unpaired) electrons. The molecule has 0 bridgehead atoms. The molecule has 0 spiro atoms. The van der Waals surface area contributed by atoms with E-state index in [0.29, 0.717) is 17.7 Å². The zero-order valence-corrected chi connectivity index (χ0v) is 9.42. The third kappa shape index (κ3) is 3.04. The van der Waals surface area contributed by atoms with Crippen LogP contribution in [-0.2, 0) is 16.0 Å². The van der Waals surface area contributed by atoms with Crippen LogP contribution in [0.3, 0.4) is 0 Å². The van der Waals surface area contributed by atoms with E-state index >= 15 is 0 Å². The Kier molecular flexibility index (Phi) is 4.66. The van der Waals surface area contributed by atoms with Crippen molar-refractivity contribution < 1.29 is 24.5 Å². The second kappa shape index (κ2) is 6.00. The number of hydrogen-bond donors (Lipinski definition) is 2. The summed E-state index contributed by atoms with van der Waals surface area (Å²) in [5.74, 6) is -0.852. The van der Waals surface area contributed by atoms with E-state index in [1.165, 1.54) is 13.2 Å². The maximum atomic E-state index is 10.8. The van der Waals surface area contributed by atoms with E-state index in [1.54, 1.807) is 12.1 Å². The first-order valence-electron chi connectivity index (χ1n) is 5.12. The number of aliphatic hydroxyl groups excluding tert-OH is 1. The molecule has 0 heterocycles. The van der Waals surface area contributed by atoms with Crippen LogP contribution in [0.1, 0.15) is 23.7 Å². The van der Waals surface area contributed by atoms with Crippen LogP contribution >= 0.6 is 0 Å². The number of aliphatic carboxylic acids is 1. The molecular weight excluding hydrogens is 224 g/mol. The molecule has 0 amide bonds. The lowest BCUT2D eigenvalue weighted by atomic mass is 9.98. The Hall–Kier alpha value is -1.88. The van der Waals surface area contributed by atoms with Gasteiger partial charge in [-0.15, -0.1) is 0 Å². The summed E-state index contributed by atoms with van der Waals surface area (Å²) in [5.41, 5.74) is 0.815. The number of carbonyl (C=O) groups excluding carboxylic acids is 1. The number of methoxy groups -OCH3 is 1. The lowest BCUT2D eigenvalue weighted by Gasteiger charge is -2.15. The van der Waals surface area contributed by atoms with Crippen LogP contribution in [-0.4, -0.2) is 29.6 Å². The van der Waals surface area contributed by atoms with Gasteiger partial charge in [-0.2, -0.15) is 0 Å². The summed E-state index contributed by atoms with van der Waals surface area (Å²) in [5, 5.41) is 18.3. The highest BCUT2D eigenvalue weighted by Crippen LogP contribution is 2.28. The Morgan fingerprint density at radius 1 is 1.53 bits per heavy atom. The molecule has 1 aromatic carbocycles. The number of carbonyl (C=O) groups is 2. The average Bonchev–Trinajstić information content (AvgIpc) is 2.34. The highest BCUT2D eigenvalue weighted by atomic mass is 16.5. The van der Waals surface area contributed by atoms with Gasteiger partial charge in [0.15, 0.2) is 6.10 Å². The second-order valence-electron chi connectivity index (χ2n) is 3.47. The minimum absolute atomic E-state index is 0.250. The van der Waals surface area contributed by atoms with Gasteiger partial charge in [0.1, 0.15) is 12.0 Å². The predicted molar refractivity (Wildman–Crippen MR) is 60.0 cm³/mol. The van der Waals surface area contributed by atoms with Crippen molar-refractivity contribution in [1.82, 2.24) is 0 Å². The van der Waals surface area contributed by atoms with E-state index in [1.807, 2.05) is 0 Å². The van der Waals surface area contributed by atoms with Crippen LogP contribution < -0.4 is 4.74 Å². The van der Waals surface area contributed by atoms with Gasteiger partial charge in [0.25, 0.3) is 0 Å². The van der Waals surface area contributed by atoms with Gasteiger partial charge in [0.2, 0.25) is 0 Å². The van der Waals surface area contributed by atoms with E-state index in [2.05, 4.69) is 0 Å². The summed E-state index contributed by atoms with van der Waals surface area (Å²) in [4.78, 5) is 21.1. The van der Waals surface area contributed by atoms with Crippen molar-refractivity contribution >= 4 is 12.3 Å². The van der Waals surface area contributed by atoms with Gasteiger partial charge in [-0.25, -0.2) is 4.79 Å². The van der Waals surface area contributed by atoms with Gasteiger partial charge >= 0.3 is 5.97 Å². The van der Waals surface area contributed by atoms with E-state index in [9.17, 15) is 14.7 Å². The van der Waals surface area contributed by atoms with Crippen LogP contribution in [0.2, 0.25) is 0 Å². The summed E-state index contributed by atoms with van der Waals surface area (Å²) < 4.78 is 5.09. The zero-order valence-electron chi connectivity index (χ0n) is 9.42. The first kappa shape index (κ1) is 13.2. The minimum atomic E-state index is -1.60. The third-order valence-corrected chi connectivity index (χ3v) is 2.43. The average molecular weight is 238 g/mol. The Balaban J connectivity index is 3.17. The van der Waals surface area contributed by atoms with Crippen LogP contribution in [0, 0.1) is 0 Å². The molecule has 17 heavy (non-hydrogen) atoms. The van der Waals surface area contributed by atoms with Gasteiger partial charge in [0, 0.05) is 12.0 Å². The Labute approximate surface area is 98.6 Å².